The van der Waals surface area contributed by atoms with Crippen LogP contribution in [0, 0.1) is 5.41 Å². The van der Waals surface area contributed by atoms with E-state index >= 15 is 0 Å². The van der Waals surface area contributed by atoms with Crippen LogP contribution >= 0.6 is 0 Å². The minimum atomic E-state index is -1.53. The van der Waals surface area contributed by atoms with Crippen molar-refractivity contribution in [3.05, 3.63) is 102 Å². The van der Waals surface area contributed by atoms with Crippen molar-refractivity contribution in [2.24, 2.45) is 5.41 Å². The summed E-state index contributed by atoms with van der Waals surface area (Å²) < 4.78 is 10.4. The Bertz CT molecular complexity index is 1050. The third-order valence-electron chi connectivity index (χ3n) is 5.96. The van der Waals surface area contributed by atoms with Gasteiger partial charge in [0, 0.05) is 18.7 Å². The zero-order valence-electron chi connectivity index (χ0n) is 17.7. The van der Waals surface area contributed by atoms with E-state index in [1.807, 2.05) is 84.9 Å². The molecule has 5 heteroatoms. The molecule has 0 radical (unpaired) electrons. The van der Waals surface area contributed by atoms with Crippen molar-refractivity contribution in [2.75, 3.05) is 19.1 Å². The van der Waals surface area contributed by atoms with Gasteiger partial charge >= 0.3 is 11.9 Å². The zero-order valence-corrected chi connectivity index (χ0v) is 17.7. The van der Waals surface area contributed by atoms with Crippen LogP contribution in [0.15, 0.2) is 84.9 Å². The highest BCUT2D eigenvalue weighted by molar-refractivity contribution is 6.03. The highest BCUT2D eigenvalue weighted by Crippen LogP contribution is 2.51. The predicted molar refractivity (Wildman–Crippen MR) is 118 cm³/mol. The molecule has 5 nitrogen and oxygen atoms in total. The smallest absolute Gasteiger partial charge is 0.326 e. The summed E-state index contributed by atoms with van der Waals surface area (Å²) in [5, 5.41) is 0. The van der Waals surface area contributed by atoms with Gasteiger partial charge < -0.3 is 14.4 Å². The highest BCUT2D eigenvalue weighted by atomic mass is 16.5. The summed E-state index contributed by atoms with van der Waals surface area (Å²) in [6.07, 6.45) is 0.202. The Kier molecular flexibility index (Phi) is 5.76. The van der Waals surface area contributed by atoms with Gasteiger partial charge in [0.15, 0.2) is 5.41 Å². The van der Waals surface area contributed by atoms with Gasteiger partial charge in [0.05, 0.1) is 20.3 Å². The summed E-state index contributed by atoms with van der Waals surface area (Å²) in [6, 6.07) is 26.9. The molecule has 1 heterocycles. The van der Waals surface area contributed by atoms with E-state index in [4.69, 9.17) is 9.47 Å². The molecule has 0 unspecified atom stereocenters. The number of fused-ring (bicyclic) bond motifs is 1. The molecule has 0 saturated carbocycles. The van der Waals surface area contributed by atoms with E-state index in [-0.39, 0.29) is 6.42 Å². The third-order valence-corrected chi connectivity index (χ3v) is 5.96. The monoisotopic (exact) mass is 415 g/mol. The number of nitrogens with zero attached hydrogens (tertiary/aromatic N) is 1. The number of anilines is 1. The third kappa shape index (κ3) is 3.56. The normalized spacial score (nSPS) is 16.8. The standard InChI is InChI=1S/C26H25NO4/c1-30-24(28)26(25(29)31-2)17-21-15-9-10-16-22(21)27(18-19-11-5-3-6-12-19)23(26)20-13-7-4-8-14-20/h3-16,23H,17-18H2,1-2H3/t23-/m0/s1. The van der Waals surface area contributed by atoms with Crippen molar-refractivity contribution in [1.29, 1.82) is 0 Å². The first-order valence-corrected chi connectivity index (χ1v) is 10.2. The molecule has 0 amide bonds. The Morgan fingerprint density at radius 1 is 0.839 bits per heavy atom. The van der Waals surface area contributed by atoms with E-state index in [2.05, 4.69) is 4.90 Å². The minimum absolute atomic E-state index is 0.202. The van der Waals surface area contributed by atoms with Crippen LogP contribution in [-0.2, 0) is 32.0 Å². The number of carbonyl (C=O) groups excluding carboxylic acids is 2. The predicted octanol–water partition coefficient (Wildman–Crippen LogP) is 4.32. The van der Waals surface area contributed by atoms with E-state index in [0.29, 0.717) is 6.54 Å². The number of carbonyl (C=O) groups is 2. The fourth-order valence-electron chi connectivity index (χ4n) is 4.61. The number of rotatable bonds is 5. The lowest BCUT2D eigenvalue weighted by molar-refractivity contribution is -0.171. The number of ether oxygens (including phenoxy) is 2. The summed E-state index contributed by atoms with van der Waals surface area (Å²) in [5.41, 5.74) is 2.28. The number of hydrogen-bond acceptors (Lipinski definition) is 5. The molecule has 0 bridgehead atoms. The van der Waals surface area contributed by atoms with E-state index in [0.717, 1.165) is 22.4 Å². The maximum absolute atomic E-state index is 13.3. The van der Waals surface area contributed by atoms with Gasteiger partial charge in [0.1, 0.15) is 0 Å². The number of benzene rings is 3. The fourth-order valence-corrected chi connectivity index (χ4v) is 4.61. The summed E-state index contributed by atoms with van der Waals surface area (Å²) in [5.74, 6) is -1.19. The van der Waals surface area contributed by atoms with Gasteiger partial charge in [-0.1, -0.05) is 78.9 Å². The van der Waals surface area contributed by atoms with Gasteiger partial charge in [0.25, 0.3) is 0 Å². The Morgan fingerprint density at radius 2 is 1.39 bits per heavy atom. The minimum Gasteiger partial charge on any atom is -0.468 e. The zero-order chi connectivity index (χ0) is 21.8. The number of esters is 2. The molecule has 0 fully saturated rings. The summed E-state index contributed by atoms with van der Waals surface area (Å²) in [4.78, 5) is 28.8. The second-order valence-electron chi connectivity index (χ2n) is 7.69. The van der Waals surface area contributed by atoms with Crippen LogP contribution in [0.1, 0.15) is 22.7 Å². The molecule has 0 saturated heterocycles. The summed E-state index contributed by atoms with van der Waals surface area (Å²) >= 11 is 0. The molecule has 3 aromatic rings. The molecule has 4 rings (SSSR count). The van der Waals surface area contributed by atoms with Crippen molar-refractivity contribution in [1.82, 2.24) is 0 Å². The number of hydrogen-bond donors (Lipinski definition) is 0. The van der Waals surface area contributed by atoms with E-state index in [1.54, 1.807) is 0 Å². The van der Waals surface area contributed by atoms with E-state index < -0.39 is 23.4 Å². The van der Waals surface area contributed by atoms with Crippen LogP contribution in [-0.4, -0.2) is 26.2 Å². The molecule has 158 valence electrons. The first kappa shape index (κ1) is 20.7. The maximum atomic E-state index is 13.3. The first-order chi connectivity index (χ1) is 15.1. The summed E-state index contributed by atoms with van der Waals surface area (Å²) in [6.45, 7) is 0.521. The van der Waals surface area contributed by atoms with E-state index in [9.17, 15) is 9.59 Å². The molecule has 1 aliphatic heterocycles. The van der Waals surface area contributed by atoms with Crippen molar-refractivity contribution >= 4 is 17.6 Å². The molecule has 0 aliphatic carbocycles. The van der Waals surface area contributed by atoms with E-state index in [1.165, 1.54) is 14.2 Å². The maximum Gasteiger partial charge on any atom is 0.326 e. The molecule has 0 aromatic heterocycles. The molecule has 3 aromatic carbocycles. The largest absolute Gasteiger partial charge is 0.468 e. The van der Waals surface area contributed by atoms with Gasteiger partial charge in [-0.3, -0.25) is 9.59 Å². The Labute approximate surface area is 182 Å². The SMILES string of the molecule is COC(=O)C1(C(=O)OC)Cc2ccccc2N(Cc2ccccc2)[C@H]1c1ccccc1. The molecule has 1 aliphatic rings. The van der Waals surface area contributed by atoms with Crippen LogP contribution in [0.4, 0.5) is 5.69 Å². The lowest BCUT2D eigenvalue weighted by Gasteiger charge is -2.48. The second kappa shape index (κ2) is 8.64. The average molecular weight is 415 g/mol. The average Bonchev–Trinajstić information content (AvgIpc) is 2.83. The van der Waals surface area contributed by atoms with Crippen molar-refractivity contribution in [2.45, 2.75) is 19.0 Å². The highest BCUT2D eigenvalue weighted by Gasteiger charge is 2.59. The van der Waals surface area contributed by atoms with Crippen LogP contribution in [0.25, 0.3) is 0 Å². The topological polar surface area (TPSA) is 55.8 Å². The second-order valence-corrected chi connectivity index (χ2v) is 7.69. The molecule has 31 heavy (non-hydrogen) atoms. The molecular formula is C26H25NO4. The number of methoxy groups -OCH3 is 2. The van der Waals surface area contributed by atoms with Crippen molar-refractivity contribution in [3.8, 4) is 0 Å². The quantitative estimate of drug-likeness (QED) is 0.459. The van der Waals surface area contributed by atoms with Crippen molar-refractivity contribution in [3.63, 3.8) is 0 Å². The van der Waals surface area contributed by atoms with Gasteiger partial charge in [-0.05, 0) is 22.8 Å². The molecular weight excluding hydrogens is 390 g/mol. The van der Waals surface area contributed by atoms with Gasteiger partial charge in [0.2, 0.25) is 0 Å². The first-order valence-electron chi connectivity index (χ1n) is 10.2. The van der Waals surface area contributed by atoms with Crippen LogP contribution in [0.3, 0.4) is 0 Å². The van der Waals surface area contributed by atoms with Gasteiger partial charge in [-0.25, -0.2) is 0 Å². The Morgan fingerprint density at radius 3 is 2.00 bits per heavy atom. The van der Waals surface area contributed by atoms with Gasteiger partial charge in [-0.15, -0.1) is 0 Å². The van der Waals surface area contributed by atoms with Gasteiger partial charge in [-0.2, -0.15) is 0 Å². The van der Waals surface area contributed by atoms with Crippen LogP contribution < -0.4 is 4.90 Å². The number of para-hydroxylation sites is 1. The Balaban J connectivity index is 1.99. The fraction of sp³-hybridized carbons (Fsp3) is 0.231. The summed E-state index contributed by atoms with van der Waals surface area (Å²) in [7, 11) is 2.63. The van der Waals surface area contributed by atoms with Crippen LogP contribution in [0.5, 0.6) is 0 Å². The lowest BCUT2D eigenvalue weighted by Crippen LogP contribution is -2.56. The molecule has 1 atom stereocenters. The molecule has 0 spiro atoms. The molecule has 0 N–H and O–H groups in total. The van der Waals surface area contributed by atoms with Crippen LogP contribution in [0.2, 0.25) is 0 Å². The van der Waals surface area contributed by atoms with Crippen molar-refractivity contribution < 1.29 is 19.1 Å². The Hall–Kier alpha value is -3.60. The lowest BCUT2D eigenvalue weighted by atomic mass is 9.68.